The molecule has 0 aromatic heterocycles. The zero-order chi connectivity index (χ0) is 12.6. The lowest BCUT2D eigenvalue weighted by atomic mass is 10.1. The van der Waals surface area contributed by atoms with Crippen LogP contribution >= 0.6 is 0 Å². The van der Waals surface area contributed by atoms with Crippen LogP contribution in [0.4, 0.5) is 0 Å². The standard InChI is InChI=1S/C16H28N/c1-2-3-4-5-6-7-8-9-10-11-12-13-14-15-16-17/h5-6,15H,2-4,7-14H2,1H3. The molecule has 0 saturated heterocycles. The molecule has 0 saturated carbocycles. The molecule has 0 fully saturated rings. The number of nitrogens with zero attached hydrogens (tertiary/aromatic N) is 1. The van der Waals surface area contributed by atoms with Gasteiger partial charge in [0.2, 0.25) is 0 Å². The van der Waals surface area contributed by atoms with Crippen LogP contribution in [0.3, 0.4) is 0 Å². The van der Waals surface area contributed by atoms with Gasteiger partial charge in [0.25, 0.3) is 0 Å². The van der Waals surface area contributed by atoms with Crippen molar-refractivity contribution in [3.05, 3.63) is 18.6 Å². The zero-order valence-corrected chi connectivity index (χ0v) is 11.5. The second-order valence-electron chi connectivity index (χ2n) is 4.65. The molecule has 17 heavy (non-hydrogen) atoms. The molecule has 0 unspecified atom stereocenters. The van der Waals surface area contributed by atoms with E-state index in [-0.39, 0.29) is 0 Å². The fourth-order valence-electron chi connectivity index (χ4n) is 1.84. The normalized spacial score (nSPS) is 10.8. The first-order valence-electron chi connectivity index (χ1n) is 7.28. The summed E-state index contributed by atoms with van der Waals surface area (Å²) in [6.07, 6.45) is 20.4. The van der Waals surface area contributed by atoms with Crippen molar-refractivity contribution in [1.82, 2.24) is 0 Å². The fraction of sp³-hybridized carbons (Fsp3) is 0.750. The molecule has 0 heterocycles. The highest BCUT2D eigenvalue weighted by molar-refractivity contribution is 4.90. The largest absolute Gasteiger partial charge is 0.198 e. The molecule has 0 aliphatic carbocycles. The van der Waals surface area contributed by atoms with Crippen molar-refractivity contribution in [2.24, 2.45) is 0 Å². The molecule has 0 bridgehead atoms. The molecule has 0 aromatic carbocycles. The van der Waals surface area contributed by atoms with Crippen molar-refractivity contribution in [3.8, 4) is 6.07 Å². The number of nitriles is 1. The first-order chi connectivity index (χ1) is 8.41. The Morgan fingerprint density at radius 1 is 0.765 bits per heavy atom. The monoisotopic (exact) mass is 234 g/mol. The van der Waals surface area contributed by atoms with E-state index in [1.54, 1.807) is 6.42 Å². The SMILES string of the molecule is CCCCC=CCCCCCCCC[CH]C#N. The molecule has 1 radical (unpaired) electrons. The van der Waals surface area contributed by atoms with E-state index in [1.165, 1.54) is 64.2 Å². The van der Waals surface area contributed by atoms with E-state index < -0.39 is 0 Å². The van der Waals surface area contributed by atoms with Gasteiger partial charge in [-0.1, -0.05) is 64.0 Å². The smallest absolute Gasteiger partial charge is 0.0669 e. The van der Waals surface area contributed by atoms with Gasteiger partial charge in [-0.15, -0.1) is 0 Å². The van der Waals surface area contributed by atoms with Crippen LogP contribution in [-0.2, 0) is 0 Å². The second-order valence-corrected chi connectivity index (χ2v) is 4.65. The molecule has 0 aliphatic rings. The highest BCUT2D eigenvalue weighted by atomic mass is 14.2. The Morgan fingerprint density at radius 3 is 1.88 bits per heavy atom. The molecule has 1 nitrogen and oxygen atoms in total. The number of unbranched alkanes of at least 4 members (excludes halogenated alkanes) is 10. The van der Waals surface area contributed by atoms with Gasteiger partial charge in [0, 0.05) is 0 Å². The summed E-state index contributed by atoms with van der Waals surface area (Å²) >= 11 is 0. The van der Waals surface area contributed by atoms with Crippen LogP contribution in [0.15, 0.2) is 12.2 Å². The minimum atomic E-state index is 0.969. The quantitative estimate of drug-likeness (QED) is 0.319. The third-order valence-corrected chi connectivity index (χ3v) is 2.95. The zero-order valence-electron chi connectivity index (χ0n) is 11.5. The molecule has 97 valence electrons. The van der Waals surface area contributed by atoms with E-state index in [0.29, 0.717) is 0 Å². The molecule has 0 amide bonds. The van der Waals surface area contributed by atoms with Crippen molar-refractivity contribution in [2.45, 2.75) is 77.6 Å². The Morgan fingerprint density at radius 2 is 1.29 bits per heavy atom. The van der Waals surface area contributed by atoms with Gasteiger partial charge < -0.3 is 0 Å². The lowest BCUT2D eigenvalue weighted by Crippen LogP contribution is -1.80. The third-order valence-electron chi connectivity index (χ3n) is 2.95. The molecule has 0 N–H and O–H groups in total. The summed E-state index contributed by atoms with van der Waals surface area (Å²) in [4.78, 5) is 0. The van der Waals surface area contributed by atoms with Crippen LogP contribution in [0.1, 0.15) is 77.6 Å². The highest BCUT2D eigenvalue weighted by Crippen LogP contribution is 2.09. The van der Waals surface area contributed by atoms with E-state index in [9.17, 15) is 0 Å². The van der Waals surface area contributed by atoms with Gasteiger partial charge in [-0.05, 0) is 25.7 Å². The van der Waals surface area contributed by atoms with Crippen LogP contribution in [0.2, 0.25) is 0 Å². The lowest BCUT2D eigenvalue weighted by Gasteiger charge is -1.99. The summed E-state index contributed by atoms with van der Waals surface area (Å²) < 4.78 is 0. The van der Waals surface area contributed by atoms with Crippen molar-refractivity contribution >= 4 is 0 Å². The fourth-order valence-corrected chi connectivity index (χ4v) is 1.84. The van der Waals surface area contributed by atoms with Crippen LogP contribution in [-0.4, -0.2) is 0 Å². The maximum atomic E-state index is 8.33. The van der Waals surface area contributed by atoms with Gasteiger partial charge >= 0.3 is 0 Å². The Hall–Kier alpha value is -0.770. The maximum Gasteiger partial charge on any atom is 0.0669 e. The third kappa shape index (κ3) is 15.2. The summed E-state index contributed by atoms with van der Waals surface area (Å²) in [7, 11) is 0. The molecular weight excluding hydrogens is 206 g/mol. The number of hydrogen-bond donors (Lipinski definition) is 0. The molecule has 0 aliphatic heterocycles. The van der Waals surface area contributed by atoms with Gasteiger partial charge in [-0.3, -0.25) is 0 Å². The van der Waals surface area contributed by atoms with Crippen LogP contribution in [0.25, 0.3) is 0 Å². The highest BCUT2D eigenvalue weighted by Gasteiger charge is 1.91. The molecule has 1 heteroatoms. The van der Waals surface area contributed by atoms with E-state index in [0.717, 1.165) is 6.42 Å². The van der Waals surface area contributed by atoms with Crippen molar-refractivity contribution < 1.29 is 0 Å². The average molecular weight is 234 g/mol. The van der Waals surface area contributed by atoms with Gasteiger partial charge in [-0.2, -0.15) is 5.26 Å². The lowest BCUT2D eigenvalue weighted by molar-refractivity contribution is 0.597. The van der Waals surface area contributed by atoms with E-state index in [2.05, 4.69) is 25.1 Å². The Kier molecular flexibility index (Phi) is 14.5. The topological polar surface area (TPSA) is 23.8 Å². The van der Waals surface area contributed by atoms with Crippen molar-refractivity contribution in [1.29, 1.82) is 5.26 Å². The molecule has 0 spiro atoms. The first kappa shape index (κ1) is 16.2. The summed E-state index contributed by atoms with van der Waals surface area (Å²) in [6.45, 7) is 2.24. The molecule has 0 aromatic rings. The molecule has 0 atom stereocenters. The van der Waals surface area contributed by atoms with Gasteiger partial charge in [0.05, 0.1) is 12.5 Å². The van der Waals surface area contributed by atoms with Crippen LogP contribution in [0, 0.1) is 17.8 Å². The average Bonchev–Trinajstić information content (AvgIpc) is 2.35. The number of allylic oxidation sites excluding steroid dienone is 2. The summed E-state index contributed by atoms with van der Waals surface area (Å²) in [5, 5.41) is 8.33. The van der Waals surface area contributed by atoms with E-state index in [1.807, 2.05) is 0 Å². The number of rotatable bonds is 12. The van der Waals surface area contributed by atoms with Crippen LogP contribution in [0.5, 0.6) is 0 Å². The first-order valence-corrected chi connectivity index (χ1v) is 7.28. The summed E-state index contributed by atoms with van der Waals surface area (Å²) in [6, 6.07) is 2.07. The Labute approximate surface area is 108 Å². The van der Waals surface area contributed by atoms with Crippen LogP contribution < -0.4 is 0 Å². The minimum absolute atomic E-state index is 0.969. The predicted molar refractivity (Wildman–Crippen MR) is 75.5 cm³/mol. The summed E-state index contributed by atoms with van der Waals surface area (Å²) in [5.74, 6) is 0. The predicted octanol–water partition coefficient (Wildman–Crippen LogP) is 5.58. The Bertz CT molecular complexity index is 200. The van der Waals surface area contributed by atoms with E-state index >= 15 is 0 Å². The second kappa shape index (κ2) is 15.2. The Balaban J connectivity index is 2.98. The summed E-state index contributed by atoms with van der Waals surface area (Å²) in [5.41, 5.74) is 0. The number of hydrogen-bond acceptors (Lipinski definition) is 1. The van der Waals surface area contributed by atoms with Gasteiger partial charge in [0.15, 0.2) is 0 Å². The maximum absolute atomic E-state index is 8.33. The minimum Gasteiger partial charge on any atom is -0.198 e. The van der Waals surface area contributed by atoms with Gasteiger partial charge in [0.1, 0.15) is 0 Å². The molecular formula is C16H28N. The van der Waals surface area contributed by atoms with E-state index in [4.69, 9.17) is 5.26 Å². The molecule has 0 rings (SSSR count). The van der Waals surface area contributed by atoms with Gasteiger partial charge in [-0.25, -0.2) is 0 Å². The van der Waals surface area contributed by atoms with Crippen molar-refractivity contribution in [2.75, 3.05) is 0 Å². The van der Waals surface area contributed by atoms with Crippen molar-refractivity contribution in [3.63, 3.8) is 0 Å².